The van der Waals surface area contributed by atoms with Crippen LogP contribution in [0.4, 0.5) is 5.69 Å². The normalized spacial score (nSPS) is 9.19. The summed E-state index contributed by atoms with van der Waals surface area (Å²) in [5.41, 5.74) is 6.78. The van der Waals surface area contributed by atoms with E-state index >= 15 is 0 Å². The zero-order valence-electron chi connectivity index (χ0n) is 11.2. The first-order valence-corrected chi connectivity index (χ1v) is 6.88. The minimum absolute atomic E-state index is 0.155. The Morgan fingerprint density at radius 2 is 1.62 bits per heavy atom. The van der Waals surface area contributed by atoms with Crippen molar-refractivity contribution in [2.24, 2.45) is 0 Å². The van der Waals surface area contributed by atoms with Crippen LogP contribution in [0.2, 0.25) is 0 Å². The maximum absolute atomic E-state index is 10.8. The van der Waals surface area contributed by atoms with Gasteiger partial charge in [-0.05, 0) is 12.1 Å². The van der Waals surface area contributed by atoms with Gasteiger partial charge in [0.15, 0.2) is 0 Å². The second kappa shape index (κ2) is 8.81. The topological polar surface area (TPSA) is 89.6 Å². The van der Waals surface area contributed by atoms with E-state index in [1.165, 1.54) is 22.9 Å². The number of hydrogen-bond acceptors (Lipinski definition) is 4. The molecule has 0 aliphatic carbocycles. The first kappa shape index (κ1) is 16.8. The Hall–Kier alpha value is -2.28. The Labute approximate surface area is 131 Å². The number of aromatic carboxylic acids is 1. The van der Waals surface area contributed by atoms with E-state index < -0.39 is 5.97 Å². The van der Waals surface area contributed by atoms with E-state index in [0.29, 0.717) is 12.1 Å². The first-order valence-electron chi connectivity index (χ1n) is 6.02. The van der Waals surface area contributed by atoms with E-state index in [9.17, 15) is 9.59 Å². The van der Waals surface area contributed by atoms with Gasteiger partial charge in [-0.15, -0.1) is 0 Å². The predicted molar refractivity (Wildman–Crippen MR) is 79.8 cm³/mol. The summed E-state index contributed by atoms with van der Waals surface area (Å²) in [7, 11) is 0. The van der Waals surface area contributed by atoms with E-state index in [-0.39, 0.29) is 11.5 Å². The van der Waals surface area contributed by atoms with Crippen molar-refractivity contribution in [2.75, 3.05) is 5.73 Å². The Bertz CT molecular complexity index is 602. The van der Waals surface area contributed by atoms with Crippen molar-refractivity contribution in [3.05, 3.63) is 65.7 Å². The van der Waals surface area contributed by atoms with Crippen LogP contribution in [-0.4, -0.2) is 33.9 Å². The number of benzene rings is 2. The number of para-hydroxylation sites is 1. The molecule has 0 aliphatic heterocycles. The third-order valence-corrected chi connectivity index (χ3v) is 2.97. The Balaban J connectivity index is 0.000000211. The number of carboxylic acid groups (broad SMARTS) is 1. The molecule has 0 amide bonds. The van der Waals surface area contributed by atoms with Crippen molar-refractivity contribution < 1.29 is 18.5 Å². The molecule has 0 saturated heterocycles. The second-order valence-electron chi connectivity index (χ2n) is 4.03. The van der Waals surface area contributed by atoms with Crippen LogP contribution in [0, 0.1) is 0 Å². The monoisotopic (exact) mass is 346 g/mol. The van der Waals surface area contributed by atoms with Crippen LogP contribution in [0.3, 0.4) is 0 Å². The fourth-order valence-corrected chi connectivity index (χ4v) is 1.64. The number of rotatable bonds is 3. The molecular formula is C15H14GeNO4. The van der Waals surface area contributed by atoms with Crippen molar-refractivity contribution in [2.45, 2.75) is 6.42 Å². The van der Waals surface area contributed by atoms with Gasteiger partial charge in [0.1, 0.15) is 0 Å². The van der Waals surface area contributed by atoms with Gasteiger partial charge in [0.25, 0.3) is 0 Å². The molecule has 0 fully saturated rings. The summed E-state index contributed by atoms with van der Waals surface area (Å²) in [6.07, 6.45) is 0.358. The van der Waals surface area contributed by atoms with Crippen molar-refractivity contribution in [1.29, 1.82) is 0 Å². The molecule has 6 heteroatoms. The number of carbonyl (C=O) groups excluding carboxylic acids is 1. The Morgan fingerprint density at radius 3 is 2.10 bits per heavy atom. The first-order chi connectivity index (χ1) is 10.0. The van der Waals surface area contributed by atoms with Crippen LogP contribution >= 0.6 is 0 Å². The summed E-state index contributed by atoms with van der Waals surface area (Å²) >= 11 is 1.39. The van der Waals surface area contributed by atoms with Crippen LogP contribution in [-0.2, 0) is 15.0 Å². The van der Waals surface area contributed by atoms with Crippen molar-refractivity contribution in [3.8, 4) is 0 Å². The van der Waals surface area contributed by atoms with E-state index in [0.717, 1.165) is 5.56 Å². The maximum atomic E-state index is 10.8. The standard InChI is InChI=1S/C8H7GeO2.C7H7NO2/c9-11-8(10)6-7-4-2-1-3-5-7;8-6-4-2-1-3-5(6)7(9)10/h1-5H,6H2;1-4H,8H2,(H,9,10). The van der Waals surface area contributed by atoms with E-state index in [1.807, 2.05) is 30.3 Å². The summed E-state index contributed by atoms with van der Waals surface area (Å²) in [5, 5.41) is 8.49. The quantitative estimate of drug-likeness (QED) is 0.654. The number of carboxylic acids is 1. The van der Waals surface area contributed by atoms with Gasteiger partial charge >= 0.3 is 79.7 Å². The molecule has 3 radical (unpaired) electrons. The molecular weight excluding hydrogens is 331 g/mol. The van der Waals surface area contributed by atoms with Gasteiger partial charge < -0.3 is 10.8 Å². The molecule has 0 aliphatic rings. The molecule has 2 aromatic rings. The zero-order valence-corrected chi connectivity index (χ0v) is 13.3. The minimum atomic E-state index is -0.988. The number of hydrogen-bond donors (Lipinski definition) is 2. The van der Waals surface area contributed by atoms with Crippen molar-refractivity contribution >= 4 is 34.5 Å². The zero-order chi connectivity index (χ0) is 15.7. The van der Waals surface area contributed by atoms with Crippen LogP contribution in [0.15, 0.2) is 54.6 Å². The molecule has 0 unspecified atom stereocenters. The average molecular weight is 345 g/mol. The molecule has 21 heavy (non-hydrogen) atoms. The predicted octanol–water partition coefficient (Wildman–Crippen LogP) is 1.82. The summed E-state index contributed by atoms with van der Waals surface area (Å²) in [6.45, 7) is 0. The van der Waals surface area contributed by atoms with Gasteiger partial charge in [0, 0.05) is 5.69 Å². The van der Waals surface area contributed by atoms with Crippen LogP contribution in [0.1, 0.15) is 15.9 Å². The van der Waals surface area contributed by atoms with Gasteiger partial charge in [-0.1, -0.05) is 12.1 Å². The summed E-state index contributed by atoms with van der Waals surface area (Å²) in [6, 6.07) is 15.9. The molecule has 0 heterocycles. The van der Waals surface area contributed by atoms with Crippen molar-refractivity contribution in [1.82, 2.24) is 0 Å². The molecule has 0 bridgehead atoms. The molecule has 0 aromatic heterocycles. The molecule has 2 aromatic carbocycles. The van der Waals surface area contributed by atoms with Gasteiger partial charge in [0.05, 0.1) is 5.56 Å². The third-order valence-electron chi connectivity index (χ3n) is 2.50. The van der Waals surface area contributed by atoms with E-state index in [1.54, 1.807) is 18.2 Å². The van der Waals surface area contributed by atoms with Crippen molar-refractivity contribution in [3.63, 3.8) is 0 Å². The van der Waals surface area contributed by atoms with Crippen LogP contribution < -0.4 is 5.73 Å². The molecule has 5 nitrogen and oxygen atoms in total. The van der Waals surface area contributed by atoms with Gasteiger partial charge in [0.2, 0.25) is 0 Å². The molecule has 0 atom stereocenters. The fraction of sp³-hybridized carbons (Fsp3) is 0.0667. The van der Waals surface area contributed by atoms with Gasteiger partial charge in [-0.3, -0.25) is 0 Å². The van der Waals surface area contributed by atoms with Crippen LogP contribution in [0.25, 0.3) is 0 Å². The van der Waals surface area contributed by atoms with Gasteiger partial charge in [-0.25, -0.2) is 4.79 Å². The molecule has 107 valence electrons. The van der Waals surface area contributed by atoms with Crippen LogP contribution in [0.5, 0.6) is 0 Å². The SMILES string of the molecule is Nc1ccccc1C(=O)O.O=C(Cc1ccccc1)[O][Ge]. The fourth-order valence-electron chi connectivity index (χ4n) is 1.49. The average Bonchev–Trinajstić information content (AvgIpc) is 2.49. The number of carbonyl (C=O) groups is 2. The Morgan fingerprint density at radius 1 is 1.05 bits per heavy atom. The molecule has 0 spiro atoms. The number of nitrogens with two attached hydrogens (primary N) is 1. The molecule has 0 saturated carbocycles. The summed E-state index contributed by atoms with van der Waals surface area (Å²) < 4.78 is 4.52. The van der Waals surface area contributed by atoms with Gasteiger partial charge in [-0.2, -0.15) is 0 Å². The summed E-state index contributed by atoms with van der Waals surface area (Å²) in [5.74, 6) is -1.19. The summed E-state index contributed by atoms with van der Waals surface area (Å²) in [4.78, 5) is 21.1. The number of nitrogen functional groups attached to an aromatic ring is 1. The third kappa shape index (κ3) is 6.14. The molecule has 2 rings (SSSR count). The molecule has 3 N–H and O–H groups in total. The second-order valence-corrected chi connectivity index (χ2v) is 4.46. The van der Waals surface area contributed by atoms with E-state index in [4.69, 9.17) is 10.8 Å². The number of anilines is 1. The Kier molecular flexibility index (Phi) is 7.04. The van der Waals surface area contributed by atoms with E-state index in [2.05, 4.69) is 3.76 Å².